The number of carboxylic acid groups (broad SMARTS) is 2. The molecule has 7 N–H and O–H groups in total. The molecule has 0 bridgehead atoms. The molecule has 2 aromatic carbocycles. The molecule has 35 heavy (non-hydrogen) atoms. The average Bonchev–Trinajstić information content (AvgIpc) is 2.83. The van der Waals surface area contributed by atoms with E-state index in [-0.39, 0.29) is 31.3 Å². The maximum Gasteiger partial charge on any atom is 0.330 e. The lowest BCUT2D eigenvalue weighted by molar-refractivity contribution is -0.139. The number of nitrogens with two attached hydrogens (primary N) is 1. The lowest BCUT2D eigenvalue weighted by Gasteiger charge is -2.24. The lowest BCUT2D eigenvalue weighted by atomic mass is 10.1. The van der Waals surface area contributed by atoms with Gasteiger partial charge < -0.3 is 31.5 Å². The topological polar surface area (TPSA) is 186 Å². The van der Waals surface area contributed by atoms with Crippen LogP contribution in [0.1, 0.15) is 29.2 Å². The van der Waals surface area contributed by atoms with Crippen LogP contribution in [-0.2, 0) is 14.4 Å². The van der Waals surface area contributed by atoms with Crippen molar-refractivity contribution in [3.8, 4) is 0 Å². The molecule has 0 aliphatic rings. The zero-order valence-corrected chi connectivity index (χ0v) is 18.8. The minimum absolute atomic E-state index is 0.0181. The second-order valence-electron chi connectivity index (χ2n) is 7.46. The van der Waals surface area contributed by atoms with Gasteiger partial charge in [0.1, 0.15) is 12.4 Å². The first-order valence-electron chi connectivity index (χ1n) is 10.6. The van der Waals surface area contributed by atoms with Gasteiger partial charge in [-0.2, -0.15) is 0 Å². The van der Waals surface area contributed by atoms with Crippen molar-refractivity contribution in [2.75, 3.05) is 19.6 Å². The summed E-state index contributed by atoms with van der Waals surface area (Å²) in [6.07, 6.45) is 3.15. The number of aliphatic carboxylic acids is 2. The quantitative estimate of drug-likeness (QED) is 0.114. The Balaban J connectivity index is 1.87. The molecule has 0 aliphatic carbocycles. The fraction of sp³-hybridized carbons (Fsp3) is 0.208. The molecule has 0 saturated carbocycles. The van der Waals surface area contributed by atoms with Crippen LogP contribution in [-0.4, -0.2) is 64.5 Å². The molecule has 184 valence electrons. The number of nitrogens with one attached hydrogen (secondary N) is 3. The predicted molar refractivity (Wildman–Crippen MR) is 129 cm³/mol. The molecule has 0 heterocycles. The molecular weight excluding hydrogens is 454 g/mol. The Morgan fingerprint density at radius 3 is 2.26 bits per heavy atom. The second kappa shape index (κ2) is 13.1. The van der Waals surface area contributed by atoms with E-state index in [0.29, 0.717) is 11.1 Å². The molecule has 11 heteroatoms. The summed E-state index contributed by atoms with van der Waals surface area (Å²) in [4.78, 5) is 48.4. The average molecular weight is 482 g/mol. The highest BCUT2D eigenvalue weighted by Crippen LogP contribution is 2.13. The van der Waals surface area contributed by atoms with E-state index in [1.807, 2.05) is 0 Å². The van der Waals surface area contributed by atoms with Gasteiger partial charge in [0.05, 0.1) is 0 Å². The Kier molecular flexibility index (Phi) is 9.98. The number of hydrogen-bond acceptors (Lipinski definition) is 5. The van der Waals surface area contributed by atoms with Crippen molar-refractivity contribution in [1.82, 2.24) is 15.5 Å². The van der Waals surface area contributed by atoms with Crippen molar-refractivity contribution in [3.63, 3.8) is 0 Å². The maximum atomic E-state index is 12.6. The third kappa shape index (κ3) is 9.00. The van der Waals surface area contributed by atoms with Gasteiger partial charge >= 0.3 is 18.0 Å². The van der Waals surface area contributed by atoms with Crippen molar-refractivity contribution in [2.24, 2.45) is 5.73 Å². The van der Waals surface area contributed by atoms with Crippen LogP contribution in [0.15, 0.2) is 60.7 Å². The van der Waals surface area contributed by atoms with E-state index < -0.39 is 30.6 Å². The molecule has 0 spiro atoms. The van der Waals surface area contributed by atoms with Crippen molar-refractivity contribution in [2.45, 2.75) is 12.5 Å². The van der Waals surface area contributed by atoms with E-state index in [4.69, 9.17) is 16.2 Å². The van der Waals surface area contributed by atoms with E-state index in [1.165, 1.54) is 6.08 Å². The van der Waals surface area contributed by atoms with Gasteiger partial charge in [-0.1, -0.05) is 54.6 Å². The molecule has 0 radical (unpaired) electrons. The van der Waals surface area contributed by atoms with Crippen molar-refractivity contribution >= 4 is 35.8 Å². The van der Waals surface area contributed by atoms with Crippen molar-refractivity contribution in [3.05, 3.63) is 77.4 Å². The number of amidine groups is 1. The van der Waals surface area contributed by atoms with E-state index >= 15 is 0 Å². The fourth-order valence-corrected chi connectivity index (χ4v) is 3.05. The largest absolute Gasteiger partial charge is 0.480 e. The lowest BCUT2D eigenvalue weighted by Crippen LogP contribution is -2.46. The monoisotopic (exact) mass is 481 g/mol. The van der Waals surface area contributed by atoms with E-state index in [1.54, 1.807) is 60.7 Å². The Morgan fingerprint density at radius 1 is 1.03 bits per heavy atom. The molecule has 1 unspecified atom stereocenters. The zero-order chi connectivity index (χ0) is 25.8. The summed E-state index contributed by atoms with van der Waals surface area (Å²) >= 11 is 0. The molecule has 0 fully saturated rings. The first-order chi connectivity index (χ1) is 16.7. The molecule has 0 aromatic heterocycles. The van der Waals surface area contributed by atoms with E-state index in [2.05, 4.69) is 10.6 Å². The standard InChI is InChI=1S/C24H27N5O6/c25-22(26)18-10-7-16(8-11-18)9-12-19(30)27-13-4-14-29(15-20(31)32)24(35)28-21(23(33)34)17-5-2-1-3-6-17/h1-3,5-12,21H,4,13-15H2,(H3,25,26)(H,27,30)(H,28,35)(H,31,32)(H,33,34). The second-order valence-corrected chi connectivity index (χ2v) is 7.46. The summed E-state index contributed by atoms with van der Waals surface area (Å²) in [5.41, 5.74) is 7.05. The summed E-state index contributed by atoms with van der Waals surface area (Å²) < 4.78 is 0. The molecule has 2 rings (SSSR count). The van der Waals surface area contributed by atoms with Gasteiger partial charge in [-0.25, -0.2) is 9.59 Å². The first kappa shape index (κ1) is 26.6. The number of carboxylic acids is 2. The van der Waals surface area contributed by atoms with Crippen LogP contribution in [0, 0.1) is 5.41 Å². The highest BCUT2D eigenvalue weighted by Gasteiger charge is 2.25. The molecule has 3 amide bonds. The van der Waals surface area contributed by atoms with Crippen LogP contribution in [0.5, 0.6) is 0 Å². The number of carbonyl (C=O) groups excluding carboxylic acids is 2. The van der Waals surface area contributed by atoms with Gasteiger partial charge in [-0.3, -0.25) is 15.0 Å². The normalized spacial score (nSPS) is 11.4. The number of nitrogen functional groups attached to an aromatic ring is 1. The smallest absolute Gasteiger partial charge is 0.330 e. The molecule has 2 aromatic rings. The predicted octanol–water partition coefficient (Wildman–Crippen LogP) is 1.41. The van der Waals surface area contributed by atoms with Gasteiger partial charge in [-0.15, -0.1) is 0 Å². The van der Waals surface area contributed by atoms with Gasteiger partial charge in [-0.05, 0) is 23.6 Å². The summed E-state index contributed by atoms with van der Waals surface area (Å²) in [7, 11) is 0. The van der Waals surface area contributed by atoms with Gasteiger partial charge in [0.15, 0.2) is 6.04 Å². The summed E-state index contributed by atoms with van der Waals surface area (Å²) in [6.45, 7) is -0.482. The summed E-state index contributed by atoms with van der Waals surface area (Å²) in [6, 6.07) is 12.6. The Labute approximate surface area is 201 Å². The van der Waals surface area contributed by atoms with Crippen LogP contribution >= 0.6 is 0 Å². The molecule has 11 nitrogen and oxygen atoms in total. The number of urea groups is 1. The minimum Gasteiger partial charge on any atom is -0.480 e. The van der Waals surface area contributed by atoms with Crippen LogP contribution < -0.4 is 16.4 Å². The zero-order valence-electron chi connectivity index (χ0n) is 18.8. The highest BCUT2D eigenvalue weighted by atomic mass is 16.4. The Morgan fingerprint density at radius 2 is 1.69 bits per heavy atom. The third-order valence-electron chi connectivity index (χ3n) is 4.81. The number of amides is 3. The molecule has 0 saturated heterocycles. The Bertz CT molecular complexity index is 1090. The van der Waals surface area contributed by atoms with Crippen LogP contribution in [0.4, 0.5) is 4.79 Å². The van der Waals surface area contributed by atoms with Crippen LogP contribution in [0.3, 0.4) is 0 Å². The van der Waals surface area contributed by atoms with Crippen LogP contribution in [0.2, 0.25) is 0 Å². The van der Waals surface area contributed by atoms with Gasteiger partial charge in [0.25, 0.3) is 0 Å². The minimum atomic E-state index is -1.34. The van der Waals surface area contributed by atoms with Crippen molar-refractivity contribution < 1.29 is 29.4 Å². The fourth-order valence-electron chi connectivity index (χ4n) is 3.05. The van der Waals surface area contributed by atoms with E-state index in [0.717, 1.165) is 10.5 Å². The number of hydrogen-bond donors (Lipinski definition) is 6. The number of benzene rings is 2. The van der Waals surface area contributed by atoms with Crippen LogP contribution in [0.25, 0.3) is 6.08 Å². The summed E-state index contributed by atoms with van der Waals surface area (Å²) in [5.74, 6) is -2.98. The number of nitrogens with zero attached hydrogens (tertiary/aromatic N) is 1. The first-order valence-corrected chi connectivity index (χ1v) is 10.6. The molecule has 0 aliphatic heterocycles. The Hall–Kier alpha value is -4.67. The summed E-state index contributed by atoms with van der Waals surface area (Å²) in [5, 5.41) is 30.9. The number of rotatable bonds is 12. The highest BCUT2D eigenvalue weighted by molar-refractivity contribution is 5.95. The maximum absolute atomic E-state index is 12.6. The van der Waals surface area contributed by atoms with Crippen molar-refractivity contribution in [1.29, 1.82) is 5.41 Å². The SMILES string of the molecule is N=C(N)c1ccc(C=CC(=O)NCCCN(CC(=O)O)C(=O)NC(C(=O)O)c2ccccc2)cc1. The number of carbonyl (C=O) groups is 4. The van der Waals surface area contributed by atoms with Gasteiger partial charge in [0.2, 0.25) is 5.91 Å². The molecular formula is C24H27N5O6. The third-order valence-corrected chi connectivity index (χ3v) is 4.81. The van der Waals surface area contributed by atoms with E-state index in [9.17, 15) is 24.3 Å². The molecule has 1 atom stereocenters. The van der Waals surface area contributed by atoms with Gasteiger partial charge in [0, 0.05) is 24.7 Å².